The van der Waals surface area contributed by atoms with Crippen LogP contribution in [0.3, 0.4) is 0 Å². The predicted molar refractivity (Wildman–Crippen MR) is 40.5 cm³/mol. The van der Waals surface area contributed by atoms with E-state index in [1.807, 2.05) is 5.92 Å². The second-order valence-electron chi connectivity index (χ2n) is 2.29. The lowest BCUT2D eigenvalue weighted by Crippen LogP contribution is -2.41. The Hall–Kier alpha value is -0.270. The second kappa shape index (κ2) is 3.42. The van der Waals surface area contributed by atoms with Crippen LogP contribution >= 0.6 is 11.8 Å². The number of hydrogen-bond donors (Lipinski definition) is 0. The van der Waals surface area contributed by atoms with Crippen LogP contribution < -0.4 is 0 Å². The molecule has 0 aromatic rings. The first-order chi connectivity index (χ1) is 5.17. The summed E-state index contributed by atoms with van der Waals surface area (Å²) in [4.78, 5) is 0. The summed E-state index contributed by atoms with van der Waals surface area (Å²) in [5.41, 5.74) is 0. The van der Waals surface area contributed by atoms with Gasteiger partial charge < -0.3 is 4.74 Å². The van der Waals surface area contributed by atoms with Gasteiger partial charge in [0.05, 0.1) is 19.1 Å². The summed E-state index contributed by atoms with van der Waals surface area (Å²) < 4.78 is 30.2. The molecule has 1 rings (SSSR count). The van der Waals surface area contributed by atoms with Crippen molar-refractivity contribution >= 4 is 11.8 Å². The summed E-state index contributed by atoms with van der Waals surface area (Å²) in [5, 5.41) is 2.30. The number of thioether (sulfide) groups is 1. The Balaban J connectivity index is 2.50. The fourth-order valence-corrected chi connectivity index (χ4v) is 0.904. The van der Waals surface area contributed by atoms with Gasteiger partial charge in [-0.3, -0.25) is 0 Å². The lowest BCUT2D eigenvalue weighted by Gasteiger charge is -2.29. The van der Waals surface area contributed by atoms with Crippen molar-refractivity contribution in [3.05, 3.63) is 0 Å². The van der Waals surface area contributed by atoms with Crippen LogP contribution in [-0.4, -0.2) is 25.4 Å². The molecule has 0 N–H and O–H groups in total. The third-order valence-electron chi connectivity index (χ3n) is 1.47. The zero-order valence-electron chi connectivity index (χ0n) is 6.06. The smallest absolute Gasteiger partial charge is 0.316 e. The van der Waals surface area contributed by atoms with E-state index < -0.39 is 11.8 Å². The van der Waals surface area contributed by atoms with Crippen LogP contribution in [0.1, 0.15) is 0 Å². The summed E-state index contributed by atoms with van der Waals surface area (Å²) in [6, 6.07) is 0. The third-order valence-corrected chi connectivity index (χ3v) is 1.78. The number of hydrogen-bond acceptors (Lipinski definition) is 2. The summed E-state index contributed by atoms with van der Waals surface area (Å²) in [5.74, 6) is -1.64. The minimum atomic E-state index is -2.86. The topological polar surface area (TPSA) is 9.23 Å². The van der Waals surface area contributed by atoms with Gasteiger partial charge in [-0.05, 0) is 17.4 Å². The molecule has 1 fully saturated rings. The highest BCUT2D eigenvalue weighted by Gasteiger charge is 2.42. The van der Waals surface area contributed by atoms with Crippen LogP contribution in [-0.2, 0) is 4.74 Å². The second-order valence-corrected chi connectivity index (χ2v) is 2.90. The zero-order chi connectivity index (χ0) is 8.32. The van der Waals surface area contributed by atoms with Crippen molar-refractivity contribution in [2.45, 2.75) is 5.92 Å². The molecule has 0 spiro atoms. The molecule has 0 radical (unpaired) electrons. The Morgan fingerprint density at radius 2 is 2.18 bits per heavy atom. The fraction of sp³-hybridized carbons (Fsp3) is 0.714. The van der Waals surface area contributed by atoms with Crippen molar-refractivity contribution in [3.63, 3.8) is 0 Å². The first-order valence-corrected chi connectivity index (χ1v) is 4.40. The van der Waals surface area contributed by atoms with Crippen LogP contribution in [0.5, 0.6) is 0 Å². The van der Waals surface area contributed by atoms with Crippen LogP contribution in [0.25, 0.3) is 0 Å². The van der Waals surface area contributed by atoms with Crippen molar-refractivity contribution in [2.24, 2.45) is 5.92 Å². The van der Waals surface area contributed by atoms with Crippen molar-refractivity contribution in [1.82, 2.24) is 0 Å². The Labute approximate surface area is 68.5 Å². The van der Waals surface area contributed by atoms with E-state index in [4.69, 9.17) is 0 Å². The van der Waals surface area contributed by atoms with E-state index in [1.165, 1.54) is 0 Å². The van der Waals surface area contributed by atoms with Crippen molar-refractivity contribution in [3.8, 4) is 11.2 Å². The molecular weight excluding hydrogens is 170 g/mol. The number of alkyl halides is 2. The highest BCUT2D eigenvalue weighted by Crippen LogP contribution is 2.29. The molecule has 0 amide bonds. The van der Waals surface area contributed by atoms with Crippen molar-refractivity contribution in [1.29, 1.82) is 0 Å². The first-order valence-electron chi connectivity index (χ1n) is 3.17. The lowest BCUT2D eigenvalue weighted by molar-refractivity contribution is -0.138. The molecule has 1 heterocycles. The summed E-state index contributed by atoms with van der Waals surface area (Å²) in [7, 11) is 0. The van der Waals surface area contributed by atoms with Gasteiger partial charge in [0.25, 0.3) is 0 Å². The highest BCUT2D eigenvalue weighted by atomic mass is 32.2. The summed E-state index contributed by atoms with van der Waals surface area (Å²) >= 11 is 1.10. The monoisotopic (exact) mass is 178 g/mol. The molecule has 0 aromatic heterocycles. The molecule has 1 saturated heterocycles. The molecule has 0 aromatic carbocycles. The molecule has 11 heavy (non-hydrogen) atoms. The molecule has 1 nitrogen and oxygen atoms in total. The largest absolute Gasteiger partial charge is 0.380 e. The predicted octanol–water partition coefficient (Wildman–Crippen LogP) is 1.59. The molecule has 0 atom stereocenters. The normalized spacial score (nSPS) is 18.5. The molecule has 0 saturated carbocycles. The summed E-state index contributed by atoms with van der Waals surface area (Å²) in [6.45, 7) is 0.270. The quantitative estimate of drug-likeness (QED) is 0.564. The lowest BCUT2D eigenvalue weighted by atomic mass is 10.0. The van der Waals surface area contributed by atoms with Crippen LogP contribution in [0, 0.1) is 17.1 Å². The molecule has 62 valence electrons. The molecule has 1 aliphatic heterocycles. The van der Waals surface area contributed by atoms with Crippen LogP contribution in [0.4, 0.5) is 8.78 Å². The van der Waals surface area contributed by atoms with E-state index in [9.17, 15) is 8.78 Å². The molecule has 0 unspecified atom stereocenters. The maximum absolute atomic E-state index is 12.8. The minimum Gasteiger partial charge on any atom is -0.380 e. The Kier molecular flexibility index (Phi) is 2.74. The van der Waals surface area contributed by atoms with Gasteiger partial charge in [0, 0.05) is 0 Å². The van der Waals surface area contributed by atoms with Crippen LogP contribution in [0.15, 0.2) is 0 Å². The number of ether oxygens (including phenoxy) is 1. The average Bonchev–Trinajstić information content (AvgIpc) is 1.78. The van der Waals surface area contributed by atoms with E-state index in [0.717, 1.165) is 11.8 Å². The Morgan fingerprint density at radius 1 is 1.55 bits per heavy atom. The van der Waals surface area contributed by atoms with Gasteiger partial charge in [-0.1, -0.05) is 11.8 Å². The van der Waals surface area contributed by atoms with Crippen molar-refractivity contribution < 1.29 is 13.5 Å². The molecule has 4 heteroatoms. The van der Waals surface area contributed by atoms with Crippen molar-refractivity contribution in [2.75, 3.05) is 19.5 Å². The van der Waals surface area contributed by atoms with Gasteiger partial charge in [-0.25, -0.2) is 0 Å². The summed E-state index contributed by atoms with van der Waals surface area (Å²) in [6.07, 6.45) is 1.67. The van der Waals surface area contributed by atoms with Crippen LogP contribution in [0.2, 0.25) is 0 Å². The van der Waals surface area contributed by atoms with Gasteiger partial charge in [-0.2, -0.15) is 8.78 Å². The number of halogens is 2. The van der Waals surface area contributed by atoms with E-state index in [0.29, 0.717) is 0 Å². The van der Waals surface area contributed by atoms with E-state index in [-0.39, 0.29) is 13.2 Å². The van der Waals surface area contributed by atoms with Gasteiger partial charge in [0.15, 0.2) is 0 Å². The third kappa shape index (κ3) is 2.08. The maximum atomic E-state index is 12.8. The standard InChI is InChI=1S/C7H8F2OS/c1-11-3-2-7(8,9)6-4-10-5-6/h6H,4-5H2,1H3. The highest BCUT2D eigenvalue weighted by molar-refractivity contribution is 8.03. The first kappa shape index (κ1) is 8.82. The van der Waals surface area contributed by atoms with Gasteiger partial charge in [-0.15, -0.1) is 0 Å². The SMILES string of the molecule is CSC#CC(F)(F)C1COC1. The average molecular weight is 178 g/mol. The van der Waals surface area contributed by atoms with Gasteiger partial charge in [0.1, 0.15) is 0 Å². The van der Waals surface area contributed by atoms with Gasteiger partial charge in [0.2, 0.25) is 0 Å². The minimum absolute atomic E-state index is 0.135. The fourth-order valence-electron chi connectivity index (χ4n) is 0.666. The van der Waals surface area contributed by atoms with E-state index >= 15 is 0 Å². The molecular formula is C7H8F2OS. The molecule has 0 aliphatic carbocycles. The maximum Gasteiger partial charge on any atom is 0.316 e. The molecule has 1 aliphatic rings. The van der Waals surface area contributed by atoms with Gasteiger partial charge >= 0.3 is 5.92 Å². The number of rotatable bonds is 1. The molecule has 0 bridgehead atoms. The van der Waals surface area contributed by atoms with E-state index in [2.05, 4.69) is 9.99 Å². The Morgan fingerprint density at radius 3 is 2.55 bits per heavy atom. The van der Waals surface area contributed by atoms with E-state index in [1.54, 1.807) is 6.26 Å². The Bertz CT molecular complexity index is 190. The zero-order valence-corrected chi connectivity index (χ0v) is 6.88.